The van der Waals surface area contributed by atoms with Crippen molar-refractivity contribution >= 4 is 10.9 Å². The lowest BCUT2D eigenvalue weighted by molar-refractivity contribution is 0.461. The Hall–Kier alpha value is -2.13. The van der Waals surface area contributed by atoms with Crippen molar-refractivity contribution in [1.82, 2.24) is 9.88 Å². The molecule has 1 saturated heterocycles. The molecule has 1 N–H and O–H groups in total. The normalized spacial score (nSPS) is 16.0. The number of rotatable bonds is 3. The standard InChI is InChI=1S/C20H21FN2/c21-17-7-5-15(6-8-17)13-23-14-19(16-9-11-22-12-10-16)18-3-1-2-4-20(18)23/h1-8,14,16,22H,9-13H2. The molecule has 3 heteroatoms. The van der Waals surface area contributed by atoms with Crippen molar-refractivity contribution in [3.8, 4) is 0 Å². The molecule has 118 valence electrons. The van der Waals surface area contributed by atoms with Gasteiger partial charge < -0.3 is 9.88 Å². The van der Waals surface area contributed by atoms with Crippen molar-refractivity contribution in [2.45, 2.75) is 25.3 Å². The number of aromatic nitrogens is 1. The second-order valence-corrected chi connectivity index (χ2v) is 6.38. The van der Waals surface area contributed by atoms with Crippen LogP contribution in [0.5, 0.6) is 0 Å². The molecule has 3 aromatic rings. The lowest BCUT2D eigenvalue weighted by Gasteiger charge is -2.22. The van der Waals surface area contributed by atoms with E-state index in [4.69, 9.17) is 0 Å². The van der Waals surface area contributed by atoms with E-state index in [9.17, 15) is 4.39 Å². The molecule has 0 spiro atoms. The Labute approximate surface area is 135 Å². The van der Waals surface area contributed by atoms with Crippen LogP contribution < -0.4 is 5.32 Å². The van der Waals surface area contributed by atoms with Crippen molar-refractivity contribution in [3.63, 3.8) is 0 Å². The van der Waals surface area contributed by atoms with E-state index in [2.05, 4.69) is 40.3 Å². The maximum atomic E-state index is 13.1. The smallest absolute Gasteiger partial charge is 0.123 e. The number of nitrogens with one attached hydrogen (secondary N) is 1. The van der Waals surface area contributed by atoms with Gasteiger partial charge in [0.05, 0.1) is 0 Å². The Bertz CT molecular complexity index is 798. The zero-order chi connectivity index (χ0) is 15.6. The molecule has 0 bridgehead atoms. The summed E-state index contributed by atoms with van der Waals surface area (Å²) in [7, 11) is 0. The highest BCUT2D eigenvalue weighted by atomic mass is 19.1. The molecule has 1 aromatic heterocycles. The number of nitrogens with zero attached hydrogens (tertiary/aromatic N) is 1. The molecule has 0 amide bonds. The van der Waals surface area contributed by atoms with Gasteiger partial charge in [0, 0.05) is 23.6 Å². The summed E-state index contributed by atoms with van der Waals surface area (Å²) in [5, 5.41) is 4.80. The van der Waals surface area contributed by atoms with Crippen molar-refractivity contribution in [1.29, 1.82) is 0 Å². The summed E-state index contributed by atoms with van der Waals surface area (Å²) in [6.45, 7) is 2.98. The second kappa shape index (κ2) is 6.17. The number of piperidine rings is 1. The Morgan fingerprint density at radius 3 is 2.52 bits per heavy atom. The molecule has 1 fully saturated rings. The van der Waals surface area contributed by atoms with Crippen LogP contribution in [0.3, 0.4) is 0 Å². The zero-order valence-electron chi connectivity index (χ0n) is 13.1. The van der Waals surface area contributed by atoms with E-state index < -0.39 is 0 Å². The third-order valence-corrected chi connectivity index (χ3v) is 4.86. The van der Waals surface area contributed by atoms with E-state index >= 15 is 0 Å². The van der Waals surface area contributed by atoms with Crippen LogP contribution in [0.25, 0.3) is 10.9 Å². The minimum absolute atomic E-state index is 0.179. The van der Waals surface area contributed by atoms with Crippen LogP contribution in [0.4, 0.5) is 4.39 Å². The lowest BCUT2D eigenvalue weighted by atomic mass is 9.90. The average Bonchev–Trinajstić information content (AvgIpc) is 2.97. The van der Waals surface area contributed by atoms with Gasteiger partial charge in [0.2, 0.25) is 0 Å². The first-order chi connectivity index (χ1) is 11.3. The number of para-hydroxylation sites is 1. The minimum Gasteiger partial charge on any atom is -0.343 e. The third-order valence-electron chi connectivity index (χ3n) is 4.86. The third kappa shape index (κ3) is 2.89. The predicted octanol–water partition coefficient (Wildman–Crippen LogP) is 4.30. The summed E-state index contributed by atoms with van der Waals surface area (Å²) in [5.74, 6) is 0.456. The lowest BCUT2D eigenvalue weighted by Crippen LogP contribution is -2.26. The quantitative estimate of drug-likeness (QED) is 0.763. The molecule has 2 nitrogen and oxygen atoms in total. The fourth-order valence-corrected chi connectivity index (χ4v) is 3.65. The molecule has 4 rings (SSSR count). The highest BCUT2D eigenvalue weighted by Crippen LogP contribution is 2.33. The fourth-order valence-electron chi connectivity index (χ4n) is 3.65. The van der Waals surface area contributed by atoms with Crippen molar-refractivity contribution in [2.75, 3.05) is 13.1 Å². The molecule has 2 heterocycles. The van der Waals surface area contributed by atoms with Crippen LogP contribution in [0, 0.1) is 5.82 Å². The molecule has 0 atom stereocenters. The molecule has 2 aromatic carbocycles. The average molecular weight is 308 g/mol. The van der Waals surface area contributed by atoms with Gasteiger partial charge in [-0.2, -0.15) is 0 Å². The first kappa shape index (κ1) is 14.5. The van der Waals surface area contributed by atoms with E-state index in [1.54, 1.807) is 0 Å². The maximum Gasteiger partial charge on any atom is 0.123 e. The summed E-state index contributed by atoms with van der Waals surface area (Å²) < 4.78 is 15.4. The van der Waals surface area contributed by atoms with Gasteiger partial charge in [-0.1, -0.05) is 30.3 Å². The van der Waals surface area contributed by atoms with Crippen molar-refractivity contribution < 1.29 is 4.39 Å². The SMILES string of the molecule is Fc1ccc(Cn2cc(C3CCNCC3)c3ccccc32)cc1. The monoisotopic (exact) mass is 308 g/mol. The maximum absolute atomic E-state index is 13.1. The molecular formula is C20H21FN2. The molecule has 0 aliphatic carbocycles. The Balaban J connectivity index is 1.73. The summed E-state index contributed by atoms with van der Waals surface area (Å²) in [4.78, 5) is 0. The van der Waals surface area contributed by atoms with Crippen molar-refractivity contribution in [3.05, 3.63) is 71.7 Å². The van der Waals surface area contributed by atoms with Gasteiger partial charge in [-0.25, -0.2) is 4.39 Å². The molecule has 0 saturated carbocycles. The van der Waals surface area contributed by atoms with E-state index in [0.717, 1.165) is 25.2 Å². The van der Waals surface area contributed by atoms with Crippen LogP contribution in [-0.4, -0.2) is 17.7 Å². The highest BCUT2D eigenvalue weighted by molar-refractivity contribution is 5.84. The Morgan fingerprint density at radius 1 is 1.00 bits per heavy atom. The molecule has 23 heavy (non-hydrogen) atoms. The zero-order valence-corrected chi connectivity index (χ0v) is 13.1. The first-order valence-electron chi connectivity index (χ1n) is 8.34. The van der Waals surface area contributed by atoms with Gasteiger partial charge in [-0.15, -0.1) is 0 Å². The highest BCUT2D eigenvalue weighted by Gasteiger charge is 2.19. The summed E-state index contributed by atoms with van der Waals surface area (Å²) in [6.07, 6.45) is 4.71. The number of halogens is 1. The van der Waals surface area contributed by atoms with Crippen LogP contribution in [0.15, 0.2) is 54.7 Å². The number of hydrogen-bond acceptors (Lipinski definition) is 1. The minimum atomic E-state index is -0.179. The first-order valence-corrected chi connectivity index (χ1v) is 8.34. The number of hydrogen-bond donors (Lipinski definition) is 1. The summed E-state index contributed by atoms with van der Waals surface area (Å²) in [5.41, 5.74) is 3.86. The topological polar surface area (TPSA) is 17.0 Å². The Morgan fingerprint density at radius 2 is 1.74 bits per heavy atom. The number of benzene rings is 2. The Kier molecular flexibility index (Phi) is 3.88. The van der Waals surface area contributed by atoms with Gasteiger partial charge in [0.25, 0.3) is 0 Å². The molecular weight excluding hydrogens is 287 g/mol. The van der Waals surface area contributed by atoms with Crippen LogP contribution in [-0.2, 0) is 6.54 Å². The predicted molar refractivity (Wildman–Crippen MR) is 92.3 cm³/mol. The largest absolute Gasteiger partial charge is 0.343 e. The van der Waals surface area contributed by atoms with Crippen molar-refractivity contribution in [2.24, 2.45) is 0 Å². The van der Waals surface area contributed by atoms with Crippen LogP contribution in [0.1, 0.15) is 29.9 Å². The van der Waals surface area contributed by atoms with E-state index in [1.165, 1.54) is 41.4 Å². The summed E-state index contributed by atoms with van der Waals surface area (Å²) >= 11 is 0. The van der Waals surface area contributed by atoms with Gasteiger partial charge in [-0.05, 0) is 61.2 Å². The van der Waals surface area contributed by atoms with Gasteiger partial charge in [0.15, 0.2) is 0 Å². The molecule has 0 unspecified atom stereocenters. The van der Waals surface area contributed by atoms with Gasteiger partial charge in [0.1, 0.15) is 5.82 Å². The van der Waals surface area contributed by atoms with Crippen LogP contribution in [0.2, 0.25) is 0 Å². The second-order valence-electron chi connectivity index (χ2n) is 6.38. The van der Waals surface area contributed by atoms with Gasteiger partial charge >= 0.3 is 0 Å². The summed E-state index contributed by atoms with van der Waals surface area (Å²) in [6, 6.07) is 15.4. The molecule has 0 radical (unpaired) electrons. The fraction of sp³-hybridized carbons (Fsp3) is 0.300. The molecule has 1 aliphatic heterocycles. The van der Waals surface area contributed by atoms with Crippen LogP contribution >= 0.6 is 0 Å². The van der Waals surface area contributed by atoms with E-state index in [0.29, 0.717) is 5.92 Å². The molecule has 1 aliphatic rings. The number of fused-ring (bicyclic) bond motifs is 1. The van der Waals surface area contributed by atoms with E-state index in [-0.39, 0.29) is 5.82 Å². The van der Waals surface area contributed by atoms with Gasteiger partial charge in [-0.3, -0.25) is 0 Å². The van der Waals surface area contributed by atoms with E-state index in [1.807, 2.05) is 12.1 Å².